The molecule has 0 bridgehead atoms. The highest BCUT2D eigenvalue weighted by Gasteiger charge is 2.31. The van der Waals surface area contributed by atoms with E-state index in [9.17, 15) is 23.6 Å². The maximum atomic E-state index is 14.9. The minimum absolute atomic E-state index is 0.0692. The van der Waals surface area contributed by atoms with Crippen LogP contribution in [-0.2, 0) is 16.0 Å². The highest BCUT2D eigenvalue weighted by molar-refractivity contribution is 6.45. The van der Waals surface area contributed by atoms with Gasteiger partial charge in [-0.2, -0.15) is 4.98 Å². The van der Waals surface area contributed by atoms with Crippen molar-refractivity contribution in [2.24, 2.45) is 0 Å². The summed E-state index contributed by atoms with van der Waals surface area (Å²) in [5, 5.41) is 6.24. The molecular weight excluding hydrogens is 495 g/mol. The molecular formula is C26H23FN6O5. The first-order valence-corrected chi connectivity index (χ1v) is 11.9. The van der Waals surface area contributed by atoms with Gasteiger partial charge in [0.15, 0.2) is 0 Å². The lowest BCUT2D eigenvalue weighted by molar-refractivity contribution is -0.127. The molecule has 0 radical (unpaired) electrons. The summed E-state index contributed by atoms with van der Waals surface area (Å²) in [5.41, 5.74) is 0.983. The van der Waals surface area contributed by atoms with Crippen molar-refractivity contribution >= 4 is 34.4 Å². The largest absolute Gasteiger partial charge is 0.360 e. The molecule has 2 N–H and O–H groups in total. The first-order chi connectivity index (χ1) is 18.4. The Morgan fingerprint density at radius 3 is 2.45 bits per heavy atom. The van der Waals surface area contributed by atoms with E-state index in [-0.39, 0.29) is 72.6 Å². The second kappa shape index (κ2) is 10.2. The van der Waals surface area contributed by atoms with Crippen LogP contribution in [0.4, 0.5) is 4.39 Å². The van der Waals surface area contributed by atoms with Crippen LogP contribution in [0, 0.1) is 5.82 Å². The third-order valence-corrected chi connectivity index (χ3v) is 6.40. The molecule has 11 nitrogen and oxygen atoms in total. The number of benzene rings is 2. The monoisotopic (exact) mass is 518 g/mol. The maximum absolute atomic E-state index is 14.9. The second-order valence-electron chi connectivity index (χ2n) is 8.69. The van der Waals surface area contributed by atoms with E-state index < -0.39 is 17.5 Å². The van der Waals surface area contributed by atoms with E-state index in [1.807, 2.05) is 6.07 Å². The van der Waals surface area contributed by atoms with Gasteiger partial charge in [0.25, 0.3) is 17.6 Å². The zero-order chi connectivity index (χ0) is 26.8. The van der Waals surface area contributed by atoms with Crippen LogP contribution in [0.25, 0.3) is 22.3 Å². The molecule has 0 atom stereocenters. The Balaban J connectivity index is 1.33. The van der Waals surface area contributed by atoms with Crippen molar-refractivity contribution in [1.29, 1.82) is 0 Å². The van der Waals surface area contributed by atoms with Gasteiger partial charge in [0.2, 0.25) is 17.6 Å². The molecule has 4 aromatic rings. The zero-order valence-corrected chi connectivity index (χ0v) is 20.4. The van der Waals surface area contributed by atoms with Crippen LogP contribution in [0.15, 0.2) is 53.2 Å². The predicted octanol–water partition coefficient (Wildman–Crippen LogP) is 1.81. The molecule has 1 aliphatic heterocycles. The van der Waals surface area contributed by atoms with E-state index in [1.165, 1.54) is 24.2 Å². The molecule has 12 heteroatoms. The number of piperazine rings is 1. The number of fused-ring (bicyclic) bond motifs is 1. The zero-order valence-electron chi connectivity index (χ0n) is 20.4. The third-order valence-electron chi connectivity index (χ3n) is 6.40. The number of amides is 3. The molecule has 2 aromatic heterocycles. The average molecular weight is 519 g/mol. The number of halogens is 1. The van der Waals surface area contributed by atoms with Gasteiger partial charge in [0, 0.05) is 55.9 Å². The number of carbonyl (C=O) groups excluding carboxylic acids is 4. The predicted molar refractivity (Wildman–Crippen MR) is 133 cm³/mol. The van der Waals surface area contributed by atoms with E-state index in [0.29, 0.717) is 11.1 Å². The highest BCUT2D eigenvalue weighted by Crippen LogP contribution is 2.31. The number of carbonyl (C=O) groups is 4. The molecule has 0 saturated carbocycles. The standard InChI is InChI=1S/C26H23FN6O5/c1-28-19(34)13-20-30-24(31-38-20)16-7-8-18(27)21-17(14-29-22(16)21)23(35)26(37)33-11-9-32(10-12-33)25(36)15-5-3-2-4-6-15/h2-8,14,29H,9-13H2,1H3,(H,28,34). The fraction of sp³-hybridized carbons (Fsp3) is 0.231. The SMILES string of the molecule is CNC(=O)Cc1nc(-c2ccc(F)c3c(C(=O)C(=O)N4CCN(C(=O)c5ccccc5)CC4)c[nH]c23)no1. The molecule has 2 aromatic carbocycles. The Bertz CT molecular complexity index is 1540. The lowest BCUT2D eigenvalue weighted by Gasteiger charge is -2.34. The Hall–Kier alpha value is -4.87. The van der Waals surface area contributed by atoms with Gasteiger partial charge in [-0.25, -0.2) is 4.39 Å². The van der Waals surface area contributed by atoms with Crippen LogP contribution in [0.3, 0.4) is 0 Å². The molecule has 0 aliphatic carbocycles. The third kappa shape index (κ3) is 4.63. The Kier molecular flexibility index (Phi) is 6.69. The molecule has 38 heavy (non-hydrogen) atoms. The summed E-state index contributed by atoms with van der Waals surface area (Å²) in [4.78, 5) is 60.5. The molecule has 0 spiro atoms. The fourth-order valence-corrected chi connectivity index (χ4v) is 4.37. The van der Waals surface area contributed by atoms with E-state index in [2.05, 4.69) is 20.4 Å². The van der Waals surface area contributed by atoms with E-state index in [1.54, 1.807) is 29.2 Å². The van der Waals surface area contributed by atoms with Crippen molar-refractivity contribution in [3.63, 3.8) is 0 Å². The molecule has 3 heterocycles. The number of aromatic nitrogens is 3. The molecule has 194 valence electrons. The number of nitrogens with zero attached hydrogens (tertiary/aromatic N) is 4. The van der Waals surface area contributed by atoms with Crippen molar-refractivity contribution < 1.29 is 28.1 Å². The van der Waals surface area contributed by atoms with Gasteiger partial charge in [0.1, 0.15) is 12.2 Å². The first kappa shape index (κ1) is 24.8. The smallest absolute Gasteiger partial charge is 0.295 e. The Morgan fingerprint density at radius 1 is 1.03 bits per heavy atom. The summed E-state index contributed by atoms with van der Waals surface area (Å²) < 4.78 is 20.0. The molecule has 0 unspecified atom stereocenters. The van der Waals surface area contributed by atoms with Gasteiger partial charge in [-0.05, 0) is 24.3 Å². The molecule has 5 rings (SSSR count). The number of H-pyrrole nitrogens is 1. The van der Waals surface area contributed by atoms with Crippen molar-refractivity contribution in [3.05, 3.63) is 71.5 Å². The maximum Gasteiger partial charge on any atom is 0.295 e. The minimum Gasteiger partial charge on any atom is -0.360 e. The number of hydrogen-bond donors (Lipinski definition) is 2. The van der Waals surface area contributed by atoms with Crippen molar-refractivity contribution in [2.75, 3.05) is 33.2 Å². The van der Waals surface area contributed by atoms with Crippen LogP contribution in [0.1, 0.15) is 26.6 Å². The van der Waals surface area contributed by atoms with Gasteiger partial charge < -0.3 is 24.6 Å². The van der Waals surface area contributed by atoms with Crippen LogP contribution in [-0.4, -0.2) is 81.7 Å². The summed E-state index contributed by atoms with van der Waals surface area (Å²) in [5.74, 6) is -2.65. The number of Topliss-reactive ketones (excluding diaryl/α,β-unsaturated/α-hetero) is 1. The summed E-state index contributed by atoms with van der Waals surface area (Å²) in [7, 11) is 1.48. The quantitative estimate of drug-likeness (QED) is 0.293. The van der Waals surface area contributed by atoms with E-state index in [4.69, 9.17) is 4.52 Å². The molecule has 1 aliphatic rings. The lowest BCUT2D eigenvalue weighted by atomic mass is 10.0. The summed E-state index contributed by atoms with van der Waals surface area (Å²) in [6.45, 7) is 0.900. The van der Waals surface area contributed by atoms with Gasteiger partial charge in [-0.15, -0.1) is 0 Å². The highest BCUT2D eigenvalue weighted by atomic mass is 19.1. The van der Waals surface area contributed by atoms with Crippen molar-refractivity contribution in [1.82, 2.24) is 30.2 Å². The van der Waals surface area contributed by atoms with Gasteiger partial charge in [-0.3, -0.25) is 19.2 Å². The number of nitrogens with one attached hydrogen (secondary N) is 2. The van der Waals surface area contributed by atoms with Crippen molar-refractivity contribution in [3.8, 4) is 11.4 Å². The van der Waals surface area contributed by atoms with Crippen LogP contribution in [0.2, 0.25) is 0 Å². The summed E-state index contributed by atoms with van der Waals surface area (Å²) in [6, 6.07) is 11.4. The summed E-state index contributed by atoms with van der Waals surface area (Å²) >= 11 is 0. The Labute approximate surface area is 215 Å². The van der Waals surface area contributed by atoms with Gasteiger partial charge in [-0.1, -0.05) is 23.4 Å². The molecule has 1 saturated heterocycles. The number of ketones is 1. The lowest BCUT2D eigenvalue weighted by Crippen LogP contribution is -2.52. The van der Waals surface area contributed by atoms with Crippen LogP contribution < -0.4 is 5.32 Å². The second-order valence-corrected chi connectivity index (χ2v) is 8.69. The van der Waals surface area contributed by atoms with Crippen LogP contribution >= 0.6 is 0 Å². The molecule has 1 fully saturated rings. The van der Waals surface area contributed by atoms with Crippen LogP contribution in [0.5, 0.6) is 0 Å². The topological polar surface area (TPSA) is 141 Å². The van der Waals surface area contributed by atoms with Gasteiger partial charge in [0.05, 0.1) is 11.1 Å². The minimum atomic E-state index is -0.872. The first-order valence-electron chi connectivity index (χ1n) is 11.9. The number of hydrogen-bond acceptors (Lipinski definition) is 7. The normalized spacial score (nSPS) is 13.5. The average Bonchev–Trinajstić information content (AvgIpc) is 3.61. The summed E-state index contributed by atoms with van der Waals surface area (Å²) in [6.07, 6.45) is 1.15. The molecule has 3 amide bonds. The number of likely N-dealkylation sites (N-methyl/N-ethyl adjacent to an activating group) is 1. The van der Waals surface area contributed by atoms with E-state index in [0.717, 1.165) is 6.07 Å². The van der Waals surface area contributed by atoms with Gasteiger partial charge >= 0.3 is 0 Å². The van der Waals surface area contributed by atoms with E-state index >= 15 is 0 Å². The number of aromatic amines is 1. The fourth-order valence-electron chi connectivity index (χ4n) is 4.37. The number of rotatable bonds is 6. The Morgan fingerprint density at radius 2 is 1.74 bits per heavy atom. The van der Waals surface area contributed by atoms with Crippen molar-refractivity contribution in [2.45, 2.75) is 6.42 Å².